The van der Waals surface area contributed by atoms with E-state index in [-0.39, 0.29) is 18.4 Å². The Kier molecular flexibility index (Phi) is 3.46. The summed E-state index contributed by atoms with van der Waals surface area (Å²) in [6.07, 6.45) is -0.777. The second-order valence-electron chi connectivity index (χ2n) is 3.35. The Morgan fingerprint density at radius 3 is 2.57 bits per heavy atom. The molecular weight excluding hydrogens is 182 g/mol. The number of aliphatic hydroxyl groups excluding tert-OH is 2. The van der Waals surface area contributed by atoms with E-state index in [4.69, 9.17) is 10.8 Å². The van der Waals surface area contributed by atoms with E-state index in [2.05, 4.69) is 0 Å². The van der Waals surface area contributed by atoms with Gasteiger partial charge in [0.1, 0.15) is 5.75 Å². The minimum absolute atomic E-state index is 0.0214. The first-order chi connectivity index (χ1) is 6.56. The van der Waals surface area contributed by atoms with Crippen LogP contribution in [0.3, 0.4) is 0 Å². The van der Waals surface area contributed by atoms with Crippen molar-refractivity contribution >= 4 is 0 Å². The molecule has 0 radical (unpaired) electrons. The smallest absolute Gasteiger partial charge is 0.121 e. The fourth-order valence-corrected chi connectivity index (χ4v) is 1.22. The third kappa shape index (κ3) is 2.23. The van der Waals surface area contributed by atoms with Crippen molar-refractivity contribution in [3.8, 4) is 5.75 Å². The van der Waals surface area contributed by atoms with E-state index in [1.54, 1.807) is 19.1 Å². The van der Waals surface area contributed by atoms with Crippen LogP contribution in [0.15, 0.2) is 18.2 Å². The molecule has 0 unspecified atom stereocenters. The lowest BCUT2D eigenvalue weighted by molar-refractivity contribution is 0.153. The monoisotopic (exact) mass is 197 g/mol. The van der Waals surface area contributed by atoms with Crippen LogP contribution in [0.25, 0.3) is 0 Å². The average molecular weight is 197 g/mol. The zero-order valence-electron chi connectivity index (χ0n) is 8.01. The molecule has 0 aliphatic heterocycles. The predicted octanol–water partition coefficient (Wildman–Crippen LogP) is 0.265. The summed E-state index contributed by atoms with van der Waals surface area (Å²) in [5.41, 5.74) is 6.51. The number of hydrogen-bond donors (Lipinski definition) is 4. The van der Waals surface area contributed by atoms with Gasteiger partial charge in [0.2, 0.25) is 0 Å². The molecule has 78 valence electrons. The summed E-state index contributed by atoms with van der Waals surface area (Å²) in [4.78, 5) is 0. The van der Waals surface area contributed by atoms with Gasteiger partial charge in [-0.2, -0.15) is 0 Å². The van der Waals surface area contributed by atoms with Gasteiger partial charge in [-0.25, -0.2) is 0 Å². The average Bonchev–Trinajstić information content (AvgIpc) is 2.17. The van der Waals surface area contributed by atoms with Gasteiger partial charge in [-0.15, -0.1) is 0 Å². The molecule has 2 atom stereocenters. The zero-order valence-corrected chi connectivity index (χ0v) is 8.01. The van der Waals surface area contributed by atoms with Crippen molar-refractivity contribution in [3.05, 3.63) is 29.3 Å². The van der Waals surface area contributed by atoms with Crippen LogP contribution < -0.4 is 5.73 Å². The molecule has 14 heavy (non-hydrogen) atoms. The zero-order chi connectivity index (χ0) is 10.7. The maximum absolute atomic E-state index is 9.62. The van der Waals surface area contributed by atoms with Crippen LogP contribution in [0.1, 0.15) is 24.2 Å². The first-order valence-electron chi connectivity index (χ1n) is 4.42. The minimum atomic E-state index is -0.777. The van der Waals surface area contributed by atoms with Crippen molar-refractivity contribution in [3.63, 3.8) is 0 Å². The Bertz CT molecular complexity index is 312. The quantitative estimate of drug-likeness (QED) is 0.560. The molecule has 0 saturated heterocycles. The highest BCUT2D eigenvalue weighted by Crippen LogP contribution is 2.23. The highest BCUT2D eigenvalue weighted by atomic mass is 16.3. The van der Waals surface area contributed by atoms with Gasteiger partial charge in [0.15, 0.2) is 0 Å². The van der Waals surface area contributed by atoms with Crippen LogP contribution in [0.5, 0.6) is 5.75 Å². The number of aromatic hydroxyl groups is 1. The van der Waals surface area contributed by atoms with E-state index in [0.717, 1.165) is 0 Å². The molecule has 0 saturated carbocycles. The molecule has 5 N–H and O–H groups in total. The molecule has 0 aromatic heterocycles. The van der Waals surface area contributed by atoms with Gasteiger partial charge in [-0.05, 0) is 24.6 Å². The fourth-order valence-electron chi connectivity index (χ4n) is 1.22. The number of benzene rings is 1. The first kappa shape index (κ1) is 11.0. The number of rotatable bonds is 3. The Labute approximate surface area is 82.6 Å². The molecule has 0 aliphatic carbocycles. The van der Waals surface area contributed by atoms with Crippen molar-refractivity contribution in [2.75, 3.05) is 0 Å². The summed E-state index contributed by atoms with van der Waals surface area (Å²) in [7, 11) is 0. The fraction of sp³-hybridized carbons (Fsp3) is 0.400. The lowest BCUT2D eigenvalue weighted by atomic mass is 10.0. The molecular formula is C10H15NO3. The van der Waals surface area contributed by atoms with E-state index >= 15 is 0 Å². The van der Waals surface area contributed by atoms with Gasteiger partial charge in [-0.3, -0.25) is 0 Å². The molecule has 4 heteroatoms. The van der Waals surface area contributed by atoms with Crippen molar-refractivity contribution in [2.24, 2.45) is 5.73 Å². The van der Waals surface area contributed by atoms with E-state index in [0.29, 0.717) is 11.1 Å². The highest BCUT2D eigenvalue weighted by molar-refractivity contribution is 5.36. The Balaban J connectivity index is 3.00. The van der Waals surface area contributed by atoms with Crippen LogP contribution in [0.4, 0.5) is 0 Å². The molecule has 1 aromatic rings. The van der Waals surface area contributed by atoms with E-state index in [9.17, 15) is 10.2 Å². The Hall–Kier alpha value is -1.10. The van der Waals surface area contributed by atoms with Crippen molar-refractivity contribution in [2.45, 2.75) is 25.7 Å². The number of phenols is 1. The molecule has 1 aromatic carbocycles. The Morgan fingerprint density at radius 1 is 1.43 bits per heavy atom. The molecule has 0 amide bonds. The third-order valence-electron chi connectivity index (χ3n) is 2.11. The van der Waals surface area contributed by atoms with Crippen LogP contribution in [0.2, 0.25) is 0 Å². The molecule has 0 fully saturated rings. The molecule has 1 rings (SSSR count). The standard InChI is InChI=1S/C10H15NO3/c1-6(11)10(14)7-2-3-9(13)8(4-7)5-12/h2-4,6,10,12-14H,5,11H2,1H3/t6-,10+/m1/s1. The summed E-state index contributed by atoms with van der Waals surface area (Å²) < 4.78 is 0. The summed E-state index contributed by atoms with van der Waals surface area (Å²) in [5.74, 6) is 0.0214. The summed E-state index contributed by atoms with van der Waals surface area (Å²) in [6, 6.07) is 4.18. The van der Waals surface area contributed by atoms with Gasteiger partial charge in [0.05, 0.1) is 12.7 Å². The molecule has 4 nitrogen and oxygen atoms in total. The number of aliphatic hydroxyl groups is 2. The SMILES string of the molecule is C[C@@H](N)[C@H](O)c1ccc(O)c(CO)c1. The molecule has 0 heterocycles. The second kappa shape index (κ2) is 4.41. The highest BCUT2D eigenvalue weighted by Gasteiger charge is 2.13. The van der Waals surface area contributed by atoms with Gasteiger partial charge in [0.25, 0.3) is 0 Å². The van der Waals surface area contributed by atoms with Crippen molar-refractivity contribution in [1.82, 2.24) is 0 Å². The normalized spacial score (nSPS) is 15.1. The maximum Gasteiger partial charge on any atom is 0.121 e. The summed E-state index contributed by atoms with van der Waals surface area (Å²) >= 11 is 0. The first-order valence-corrected chi connectivity index (χ1v) is 4.42. The Morgan fingerprint density at radius 2 is 2.07 bits per heavy atom. The van der Waals surface area contributed by atoms with Crippen LogP contribution in [0, 0.1) is 0 Å². The van der Waals surface area contributed by atoms with Gasteiger partial charge in [0, 0.05) is 11.6 Å². The molecule has 0 spiro atoms. The minimum Gasteiger partial charge on any atom is -0.508 e. The summed E-state index contributed by atoms with van der Waals surface area (Å²) in [5, 5.41) is 27.8. The number of hydrogen-bond acceptors (Lipinski definition) is 4. The van der Waals surface area contributed by atoms with Crippen molar-refractivity contribution < 1.29 is 15.3 Å². The second-order valence-corrected chi connectivity index (χ2v) is 3.35. The lowest BCUT2D eigenvalue weighted by Crippen LogP contribution is -2.24. The van der Waals surface area contributed by atoms with Crippen LogP contribution >= 0.6 is 0 Å². The van der Waals surface area contributed by atoms with Gasteiger partial charge < -0.3 is 21.1 Å². The number of nitrogens with two attached hydrogens (primary N) is 1. The van der Waals surface area contributed by atoms with Crippen LogP contribution in [-0.2, 0) is 6.61 Å². The third-order valence-corrected chi connectivity index (χ3v) is 2.11. The van der Waals surface area contributed by atoms with Gasteiger partial charge in [-0.1, -0.05) is 6.07 Å². The summed E-state index contributed by atoms with van der Waals surface area (Å²) in [6.45, 7) is 1.43. The lowest BCUT2D eigenvalue weighted by Gasteiger charge is -2.15. The largest absolute Gasteiger partial charge is 0.508 e. The molecule has 0 aliphatic rings. The van der Waals surface area contributed by atoms with Crippen LogP contribution in [-0.4, -0.2) is 21.4 Å². The maximum atomic E-state index is 9.62. The topological polar surface area (TPSA) is 86.7 Å². The molecule has 0 bridgehead atoms. The van der Waals surface area contributed by atoms with Crippen molar-refractivity contribution in [1.29, 1.82) is 0 Å². The van der Waals surface area contributed by atoms with E-state index < -0.39 is 6.10 Å². The van der Waals surface area contributed by atoms with E-state index in [1.807, 2.05) is 0 Å². The predicted molar refractivity (Wildman–Crippen MR) is 52.6 cm³/mol. The van der Waals surface area contributed by atoms with Gasteiger partial charge >= 0.3 is 0 Å². The van der Waals surface area contributed by atoms with E-state index in [1.165, 1.54) is 6.07 Å².